The van der Waals surface area contributed by atoms with Gasteiger partial charge in [0, 0.05) is 23.6 Å². The minimum absolute atomic E-state index is 0.310. The summed E-state index contributed by atoms with van der Waals surface area (Å²) < 4.78 is 15.8. The summed E-state index contributed by atoms with van der Waals surface area (Å²) in [4.78, 5) is 21.5. The summed E-state index contributed by atoms with van der Waals surface area (Å²) in [6, 6.07) is 11.3. The molecule has 27 heavy (non-hydrogen) atoms. The van der Waals surface area contributed by atoms with Crippen LogP contribution in [0, 0.1) is 19.7 Å². The van der Waals surface area contributed by atoms with Gasteiger partial charge in [-0.25, -0.2) is 19.0 Å². The van der Waals surface area contributed by atoms with Gasteiger partial charge in [-0.3, -0.25) is 4.79 Å². The third-order valence-corrected chi connectivity index (χ3v) is 4.29. The summed E-state index contributed by atoms with van der Waals surface area (Å²) in [5, 5.41) is 6.71. The van der Waals surface area contributed by atoms with Crippen molar-refractivity contribution in [2.75, 3.05) is 5.32 Å². The van der Waals surface area contributed by atoms with Gasteiger partial charge in [0.05, 0.1) is 22.4 Å². The molecule has 0 bridgehead atoms. The van der Waals surface area contributed by atoms with E-state index in [1.54, 1.807) is 48.8 Å². The molecule has 0 radical (unpaired) electrons. The summed E-state index contributed by atoms with van der Waals surface area (Å²) in [5.41, 5.74) is 4.14. The van der Waals surface area contributed by atoms with E-state index < -0.39 is 5.82 Å². The van der Waals surface area contributed by atoms with Gasteiger partial charge >= 0.3 is 0 Å². The van der Waals surface area contributed by atoms with Crippen molar-refractivity contribution in [2.45, 2.75) is 13.8 Å². The molecule has 2 aromatic heterocycles. The highest BCUT2D eigenvalue weighted by Gasteiger charge is 2.11. The summed E-state index contributed by atoms with van der Waals surface area (Å²) in [6.07, 6.45) is 3.22. The van der Waals surface area contributed by atoms with Crippen LogP contribution in [-0.2, 0) is 0 Å². The lowest BCUT2D eigenvalue weighted by atomic mass is 10.1. The van der Waals surface area contributed by atoms with E-state index in [4.69, 9.17) is 0 Å². The van der Waals surface area contributed by atoms with Crippen molar-refractivity contribution < 1.29 is 9.18 Å². The molecule has 0 fully saturated rings. The maximum Gasteiger partial charge on any atom is 0.255 e. The number of benzene rings is 2. The van der Waals surface area contributed by atoms with Gasteiger partial charge in [0.15, 0.2) is 5.82 Å². The molecule has 1 amide bonds. The summed E-state index contributed by atoms with van der Waals surface area (Å²) >= 11 is 0. The van der Waals surface area contributed by atoms with Crippen LogP contribution in [0.2, 0.25) is 0 Å². The number of rotatable bonds is 3. The number of aryl methyl sites for hydroxylation is 2. The molecule has 0 aliphatic heterocycles. The van der Waals surface area contributed by atoms with Crippen molar-refractivity contribution in [3.8, 4) is 5.69 Å². The highest BCUT2D eigenvalue weighted by molar-refractivity contribution is 6.05. The number of hydrogen-bond donors (Lipinski definition) is 1. The summed E-state index contributed by atoms with van der Waals surface area (Å²) in [6.45, 7) is 3.77. The fraction of sp³-hybridized carbons (Fsp3) is 0.100. The van der Waals surface area contributed by atoms with Gasteiger partial charge in [0.1, 0.15) is 5.69 Å². The van der Waals surface area contributed by atoms with Crippen molar-refractivity contribution in [2.24, 2.45) is 0 Å². The van der Waals surface area contributed by atoms with Crippen molar-refractivity contribution in [1.82, 2.24) is 19.7 Å². The third-order valence-electron chi connectivity index (χ3n) is 4.29. The number of fused-ring (bicyclic) bond motifs is 1. The van der Waals surface area contributed by atoms with Crippen LogP contribution in [0.1, 0.15) is 21.7 Å². The van der Waals surface area contributed by atoms with Gasteiger partial charge in [-0.05, 0) is 56.3 Å². The van der Waals surface area contributed by atoms with Crippen molar-refractivity contribution in [3.63, 3.8) is 0 Å². The first-order valence-electron chi connectivity index (χ1n) is 8.37. The Morgan fingerprint density at radius 2 is 1.81 bits per heavy atom. The predicted octanol–water partition coefficient (Wildman–Crippen LogP) is 3.82. The van der Waals surface area contributed by atoms with E-state index in [1.165, 1.54) is 10.7 Å². The van der Waals surface area contributed by atoms with Crippen molar-refractivity contribution in [3.05, 3.63) is 77.6 Å². The van der Waals surface area contributed by atoms with Crippen molar-refractivity contribution >= 4 is 22.6 Å². The minimum atomic E-state index is -0.480. The second-order valence-corrected chi connectivity index (χ2v) is 6.17. The molecule has 2 aromatic carbocycles. The SMILES string of the molecule is Cc1nc2ccc(C(=O)Nc3ccc(-n4cccn4)c(F)c3)cc2nc1C. The first-order valence-corrected chi connectivity index (χ1v) is 8.37. The van der Waals surface area contributed by atoms with Crippen LogP contribution in [0.3, 0.4) is 0 Å². The molecule has 0 saturated carbocycles. The number of hydrogen-bond acceptors (Lipinski definition) is 4. The number of nitrogens with one attached hydrogen (secondary N) is 1. The maximum absolute atomic E-state index is 14.3. The molecular weight excluding hydrogens is 345 g/mol. The summed E-state index contributed by atoms with van der Waals surface area (Å²) in [5.74, 6) is -0.824. The molecule has 1 N–H and O–H groups in total. The molecule has 0 unspecified atom stereocenters. The van der Waals surface area contributed by atoms with Gasteiger partial charge in [-0.15, -0.1) is 0 Å². The molecule has 0 atom stereocenters. The fourth-order valence-corrected chi connectivity index (χ4v) is 2.76. The van der Waals surface area contributed by atoms with Crippen LogP contribution in [0.25, 0.3) is 16.7 Å². The van der Waals surface area contributed by atoms with E-state index in [1.807, 2.05) is 13.8 Å². The number of anilines is 1. The number of amides is 1. The minimum Gasteiger partial charge on any atom is -0.322 e. The molecule has 4 aromatic rings. The van der Waals surface area contributed by atoms with Crippen LogP contribution in [0.4, 0.5) is 10.1 Å². The molecule has 134 valence electrons. The Kier molecular flexibility index (Phi) is 4.12. The Morgan fingerprint density at radius 1 is 1.04 bits per heavy atom. The normalized spacial score (nSPS) is 10.9. The zero-order valence-electron chi connectivity index (χ0n) is 14.8. The number of carbonyl (C=O) groups is 1. The van der Waals surface area contributed by atoms with Crippen LogP contribution >= 0.6 is 0 Å². The van der Waals surface area contributed by atoms with Gasteiger partial charge in [0.2, 0.25) is 0 Å². The highest BCUT2D eigenvalue weighted by atomic mass is 19.1. The zero-order valence-corrected chi connectivity index (χ0v) is 14.8. The number of nitrogens with zero attached hydrogens (tertiary/aromatic N) is 4. The maximum atomic E-state index is 14.3. The third kappa shape index (κ3) is 3.27. The van der Waals surface area contributed by atoms with Crippen LogP contribution in [-0.4, -0.2) is 25.7 Å². The monoisotopic (exact) mass is 361 g/mol. The van der Waals surface area contributed by atoms with E-state index >= 15 is 0 Å². The predicted molar refractivity (Wildman–Crippen MR) is 100 cm³/mol. The van der Waals surface area contributed by atoms with E-state index in [2.05, 4.69) is 20.4 Å². The number of carbonyl (C=O) groups excluding carboxylic acids is 1. The quantitative estimate of drug-likeness (QED) is 0.602. The van der Waals surface area contributed by atoms with Gasteiger partial charge in [-0.1, -0.05) is 0 Å². The molecule has 7 heteroatoms. The molecule has 0 aliphatic carbocycles. The van der Waals surface area contributed by atoms with E-state index in [0.29, 0.717) is 22.5 Å². The lowest BCUT2D eigenvalue weighted by molar-refractivity contribution is 0.102. The van der Waals surface area contributed by atoms with Crippen LogP contribution < -0.4 is 5.32 Å². The van der Waals surface area contributed by atoms with Crippen LogP contribution in [0.5, 0.6) is 0 Å². The molecule has 4 rings (SSSR count). The molecule has 0 saturated heterocycles. The Bertz CT molecular complexity index is 1150. The number of aromatic nitrogens is 4. The van der Waals surface area contributed by atoms with Gasteiger partial charge in [0.25, 0.3) is 5.91 Å². The average Bonchev–Trinajstić information content (AvgIpc) is 3.17. The van der Waals surface area contributed by atoms with Crippen molar-refractivity contribution in [1.29, 1.82) is 0 Å². The second-order valence-electron chi connectivity index (χ2n) is 6.17. The lowest BCUT2D eigenvalue weighted by Gasteiger charge is -2.09. The molecular formula is C20H16FN5O. The highest BCUT2D eigenvalue weighted by Crippen LogP contribution is 2.19. The van der Waals surface area contributed by atoms with E-state index in [0.717, 1.165) is 16.9 Å². The van der Waals surface area contributed by atoms with Gasteiger partial charge < -0.3 is 5.32 Å². The van der Waals surface area contributed by atoms with Crippen LogP contribution in [0.15, 0.2) is 54.9 Å². The second kappa shape index (κ2) is 6.60. The molecule has 2 heterocycles. The standard InChI is InChI=1S/C20H16FN5O/c1-12-13(2)24-18-10-14(4-6-17(18)23-12)20(27)25-15-5-7-19(16(21)11-15)26-9-3-8-22-26/h3-11H,1-2H3,(H,25,27). The Hall–Kier alpha value is -3.61. The summed E-state index contributed by atoms with van der Waals surface area (Å²) in [7, 11) is 0. The lowest BCUT2D eigenvalue weighted by Crippen LogP contribution is -2.12. The number of halogens is 1. The zero-order chi connectivity index (χ0) is 19.0. The smallest absolute Gasteiger partial charge is 0.255 e. The van der Waals surface area contributed by atoms with Gasteiger partial charge in [-0.2, -0.15) is 5.10 Å². The average molecular weight is 361 g/mol. The largest absolute Gasteiger partial charge is 0.322 e. The molecule has 0 aliphatic rings. The van der Waals surface area contributed by atoms with E-state index in [9.17, 15) is 9.18 Å². The first kappa shape index (κ1) is 16.8. The Labute approximate surface area is 154 Å². The first-order chi connectivity index (χ1) is 13.0. The Balaban J connectivity index is 1.59. The topological polar surface area (TPSA) is 72.7 Å². The van der Waals surface area contributed by atoms with E-state index in [-0.39, 0.29) is 5.91 Å². The molecule has 6 nitrogen and oxygen atoms in total. The fourth-order valence-electron chi connectivity index (χ4n) is 2.76. The Morgan fingerprint density at radius 3 is 2.52 bits per heavy atom. The molecule has 0 spiro atoms.